The van der Waals surface area contributed by atoms with Gasteiger partial charge in [-0.05, 0) is 38.6 Å². The number of sulfonamides is 1. The number of nitrogens with zero attached hydrogens (tertiary/aromatic N) is 2. The van der Waals surface area contributed by atoms with Crippen LogP contribution < -0.4 is 5.32 Å². The second-order valence-electron chi connectivity index (χ2n) is 4.90. The minimum absolute atomic E-state index is 0.170. The number of rotatable bonds is 6. The Hall–Kier alpha value is -1.42. The van der Waals surface area contributed by atoms with Crippen LogP contribution in [0.1, 0.15) is 25.5 Å². The zero-order chi connectivity index (χ0) is 15.3. The number of nitriles is 1. The van der Waals surface area contributed by atoms with Gasteiger partial charge in [0.2, 0.25) is 10.0 Å². The van der Waals surface area contributed by atoms with Gasteiger partial charge in [0.25, 0.3) is 0 Å². The molecule has 0 aliphatic heterocycles. The summed E-state index contributed by atoms with van der Waals surface area (Å²) in [5.41, 5.74) is 1.03. The Kier molecular flexibility index (Phi) is 5.69. The molecule has 0 aromatic heterocycles. The fraction of sp³-hybridized carbons (Fsp3) is 0.500. The van der Waals surface area contributed by atoms with Crippen molar-refractivity contribution in [2.45, 2.75) is 24.8 Å². The highest BCUT2D eigenvalue weighted by Crippen LogP contribution is 2.19. The van der Waals surface area contributed by atoms with Crippen molar-refractivity contribution in [3.8, 4) is 6.07 Å². The molecule has 20 heavy (non-hydrogen) atoms. The molecule has 1 N–H and O–H groups in total. The van der Waals surface area contributed by atoms with Crippen LogP contribution in [0, 0.1) is 17.2 Å². The summed E-state index contributed by atoms with van der Waals surface area (Å²) in [6.45, 7) is 3.89. The third-order valence-corrected chi connectivity index (χ3v) is 5.11. The van der Waals surface area contributed by atoms with E-state index in [0.717, 1.165) is 5.56 Å². The Bertz CT molecular complexity index is 575. The van der Waals surface area contributed by atoms with E-state index in [4.69, 9.17) is 5.26 Å². The zero-order valence-electron chi connectivity index (χ0n) is 12.3. The predicted octanol–water partition coefficient (Wildman–Crippen LogP) is 1.75. The molecule has 2 unspecified atom stereocenters. The molecule has 110 valence electrons. The average molecular weight is 295 g/mol. The van der Waals surface area contributed by atoms with Crippen molar-refractivity contribution in [2.75, 3.05) is 20.6 Å². The second kappa shape index (κ2) is 6.84. The fourth-order valence-electron chi connectivity index (χ4n) is 1.80. The average Bonchev–Trinajstić information content (AvgIpc) is 2.46. The molecule has 0 heterocycles. The van der Waals surface area contributed by atoms with Crippen LogP contribution >= 0.6 is 0 Å². The van der Waals surface area contributed by atoms with E-state index in [1.54, 1.807) is 31.2 Å². The van der Waals surface area contributed by atoms with Crippen LogP contribution in [-0.4, -0.2) is 33.4 Å². The molecule has 2 atom stereocenters. The molecule has 6 heteroatoms. The quantitative estimate of drug-likeness (QED) is 0.867. The highest BCUT2D eigenvalue weighted by molar-refractivity contribution is 7.89. The normalized spacial score (nSPS) is 14.8. The molecular formula is C14H21N3O2S. The Balaban J connectivity index is 2.96. The Morgan fingerprint density at radius 3 is 2.30 bits per heavy atom. The molecule has 1 aromatic rings. The smallest absolute Gasteiger partial charge is 0.242 e. The van der Waals surface area contributed by atoms with E-state index in [0.29, 0.717) is 0 Å². The molecule has 5 nitrogen and oxygen atoms in total. The molecule has 0 radical (unpaired) electrons. The number of hydrogen-bond acceptors (Lipinski definition) is 4. The lowest BCUT2D eigenvalue weighted by Gasteiger charge is -2.18. The van der Waals surface area contributed by atoms with E-state index in [1.807, 2.05) is 20.0 Å². The van der Waals surface area contributed by atoms with Crippen molar-refractivity contribution in [1.29, 1.82) is 5.26 Å². The first kappa shape index (κ1) is 16.6. The zero-order valence-corrected chi connectivity index (χ0v) is 13.1. The molecule has 0 aliphatic carbocycles. The molecule has 0 saturated carbocycles. The highest BCUT2D eigenvalue weighted by atomic mass is 32.2. The molecule has 0 amide bonds. The van der Waals surface area contributed by atoms with Gasteiger partial charge in [0, 0.05) is 19.6 Å². The van der Waals surface area contributed by atoms with Gasteiger partial charge in [0.15, 0.2) is 0 Å². The van der Waals surface area contributed by atoms with Gasteiger partial charge in [-0.3, -0.25) is 0 Å². The van der Waals surface area contributed by atoms with Gasteiger partial charge in [-0.1, -0.05) is 12.1 Å². The summed E-state index contributed by atoms with van der Waals surface area (Å²) < 4.78 is 25.9. The number of hydrogen-bond donors (Lipinski definition) is 1. The van der Waals surface area contributed by atoms with E-state index in [9.17, 15) is 8.42 Å². The van der Waals surface area contributed by atoms with Crippen molar-refractivity contribution in [3.05, 3.63) is 29.8 Å². The van der Waals surface area contributed by atoms with E-state index in [2.05, 4.69) is 5.32 Å². The molecule has 1 rings (SSSR count). The number of nitrogens with one attached hydrogen (secondary N) is 1. The summed E-state index contributed by atoms with van der Waals surface area (Å²) in [4.78, 5) is 0.247. The molecule has 0 saturated heterocycles. The Morgan fingerprint density at radius 2 is 1.85 bits per heavy atom. The fourth-order valence-corrected chi connectivity index (χ4v) is 3.06. The first-order valence-corrected chi connectivity index (χ1v) is 7.90. The number of benzene rings is 1. The van der Waals surface area contributed by atoms with Crippen LogP contribution in [0.5, 0.6) is 0 Å². The summed E-state index contributed by atoms with van der Waals surface area (Å²) in [5, 5.41) is 11.9. The lowest BCUT2D eigenvalue weighted by Crippen LogP contribution is -2.30. The van der Waals surface area contributed by atoms with E-state index >= 15 is 0 Å². The second-order valence-corrected chi connectivity index (χ2v) is 6.94. The minimum atomic E-state index is -3.53. The molecule has 0 aliphatic rings. The van der Waals surface area contributed by atoms with Crippen LogP contribution in [-0.2, 0) is 10.0 Å². The van der Waals surface area contributed by atoms with E-state index in [-0.39, 0.29) is 23.4 Å². The largest absolute Gasteiger partial charge is 0.313 e. The third-order valence-electron chi connectivity index (χ3n) is 3.27. The highest BCUT2D eigenvalue weighted by Gasteiger charge is 2.22. The van der Waals surface area contributed by atoms with Gasteiger partial charge in [-0.2, -0.15) is 9.57 Å². The van der Waals surface area contributed by atoms with Gasteiger partial charge in [0.1, 0.15) is 0 Å². The maximum atomic E-state index is 12.3. The van der Waals surface area contributed by atoms with Crippen molar-refractivity contribution < 1.29 is 8.42 Å². The van der Waals surface area contributed by atoms with Gasteiger partial charge >= 0.3 is 0 Å². The van der Waals surface area contributed by atoms with Crippen LogP contribution in [0.15, 0.2) is 29.2 Å². The third kappa shape index (κ3) is 3.79. The summed E-state index contributed by atoms with van der Waals surface area (Å²) in [6, 6.07) is 9.02. The molecule has 1 aromatic carbocycles. The lowest BCUT2D eigenvalue weighted by molar-refractivity contribution is 0.439. The predicted molar refractivity (Wildman–Crippen MR) is 78.5 cm³/mol. The Labute approximate surface area is 121 Å². The molecule has 0 bridgehead atoms. The van der Waals surface area contributed by atoms with Crippen molar-refractivity contribution in [3.63, 3.8) is 0 Å². The van der Waals surface area contributed by atoms with Crippen molar-refractivity contribution in [2.24, 2.45) is 5.92 Å². The van der Waals surface area contributed by atoms with Crippen LogP contribution in [0.3, 0.4) is 0 Å². The maximum Gasteiger partial charge on any atom is 0.242 e. The van der Waals surface area contributed by atoms with Crippen LogP contribution in [0.2, 0.25) is 0 Å². The van der Waals surface area contributed by atoms with Crippen molar-refractivity contribution >= 4 is 10.0 Å². The molecule has 0 fully saturated rings. The van der Waals surface area contributed by atoms with Gasteiger partial charge in [0.05, 0.1) is 16.9 Å². The first-order valence-electron chi connectivity index (χ1n) is 6.46. The first-order chi connectivity index (χ1) is 9.32. The van der Waals surface area contributed by atoms with Crippen molar-refractivity contribution in [1.82, 2.24) is 9.62 Å². The van der Waals surface area contributed by atoms with E-state index in [1.165, 1.54) is 11.4 Å². The SMILES string of the molecule is CNC(C)c1ccc(S(=O)(=O)N(C)CC(C)C#N)cc1. The Morgan fingerprint density at radius 1 is 1.30 bits per heavy atom. The standard InChI is InChI=1S/C14H21N3O2S/c1-11(9-15)10-17(4)20(18,19)14-7-5-13(6-8-14)12(2)16-3/h5-8,11-12,16H,10H2,1-4H3. The van der Waals surface area contributed by atoms with Gasteiger partial charge in [-0.15, -0.1) is 0 Å². The van der Waals surface area contributed by atoms with Crippen LogP contribution in [0.4, 0.5) is 0 Å². The lowest BCUT2D eigenvalue weighted by atomic mass is 10.1. The minimum Gasteiger partial charge on any atom is -0.313 e. The maximum absolute atomic E-state index is 12.3. The summed E-state index contributed by atoms with van der Waals surface area (Å²) in [6.07, 6.45) is 0. The summed E-state index contributed by atoms with van der Waals surface area (Å²) in [5.74, 6) is -0.335. The van der Waals surface area contributed by atoms with Crippen LogP contribution in [0.25, 0.3) is 0 Å². The molecular weight excluding hydrogens is 274 g/mol. The van der Waals surface area contributed by atoms with Gasteiger partial charge in [-0.25, -0.2) is 8.42 Å². The summed E-state index contributed by atoms with van der Waals surface area (Å²) in [7, 11) is -0.185. The molecule has 0 spiro atoms. The summed E-state index contributed by atoms with van der Waals surface area (Å²) >= 11 is 0. The monoisotopic (exact) mass is 295 g/mol. The topological polar surface area (TPSA) is 73.2 Å². The van der Waals surface area contributed by atoms with E-state index < -0.39 is 10.0 Å². The van der Waals surface area contributed by atoms with Gasteiger partial charge < -0.3 is 5.32 Å².